The van der Waals surface area contributed by atoms with Crippen LogP contribution in [0.25, 0.3) is 0 Å². The van der Waals surface area contributed by atoms with E-state index in [1.54, 1.807) is 29.2 Å². The molecule has 0 aliphatic heterocycles. The van der Waals surface area contributed by atoms with Crippen molar-refractivity contribution in [2.75, 3.05) is 33.7 Å². The number of hydrogen-bond donors (Lipinski definition) is 1. The van der Waals surface area contributed by atoms with Gasteiger partial charge in [-0.1, -0.05) is 11.6 Å². The van der Waals surface area contributed by atoms with Crippen LogP contribution in [0.4, 0.5) is 0 Å². The Morgan fingerprint density at radius 2 is 1.70 bits per heavy atom. The summed E-state index contributed by atoms with van der Waals surface area (Å²) >= 11 is 5.79. The molecule has 0 heterocycles. The first kappa shape index (κ1) is 16.5. The van der Waals surface area contributed by atoms with E-state index in [1.807, 2.05) is 19.0 Å². The molecule has 110 valence electrons. The minimum Gasteiger partial charge on any atom is -0.481 e. The van der Waals surface area contributed by atoms with Gasteiger partial charge in [0, 0.05) is 30.2 Å². The maximum absolute atomic E-state index is 12.4. The fraction of sp³-hybridized carbons (Fsp3) is 0.429. The lowest BCUT2D eigenvalue weighted by atomic mass is 10.2. The van der Waals surface area contributed by atoms with Crippen molar-refractivity contribution in [2.45, 2.75) is 6.42 Å². The summed E-state index contributed by atoms with van der Waals surface area (Å²) in [7, 11) is 3.81. The van der Waals surface area contributed by atoms with E-state index in [1.165, 1.54) is 0 Å². The lowest BCUT2D eigenvalue weighted by Crippen LogP contribution is -2.38. The minimum atomic E-state index is -0.913. The van der Waals surface area contributed by atoms with Gasteiger partial charge in [0.05, 0.1) is 6.42 Å². The molecule has 1 aromatic rings. The van der Waals surface area contributed by atoms with E-state index in [2.05, 4.69) is 0 Å². The molecule has 0 fully saturated rings. The number of carboxylic acids is 1. The van der Waals surface area contributed by atoms with Gasteiger partial charge in [-0.05, 0) is 38.4 Å². The predicted octanol–water partition coefficient (Wildman–Crippen LogP) is 1.82. The summed E-state index contributed by atoms with van der Waals surface area (Å²) < 4.78 is 0. The third kappa shape index (κ3) is 5.59. The minimum absolute atomic E-state index is 0.0627. The van der Waals surface area contributed by atoms with Gasteiger partial charge in [-0.3, -0.25) is 9.59 Å². The van der Waals surface area contributed by atoms with Crippen molar-refractivity contribution in [3.8, 4) is 0 Å². The third-order valence-electron chi connectivity index (χ3n) is 2.79. The van der Waals surface area contributed by atoms with Gasteiger partial charge in [0.2, 0.25) is 0 Å². The van der Waals surface area contributed by atoms with Crippen LogP contribution < -0.4 is 0 Å². The molecule has 0 saturated heterocycles. The molecule has 0 unspecified atom stereocenters. The van der Waals surface area contributed by atoms with Gasteiger partial charge >= 0.3 is 5.97 Å². The fourth-order valence-corrected chi connectivity index (χ4v) is 1.77. The zero-order valence-corrected chi connectivity index (χ0v) is 12.4. The average Bonchev–Trinajstić information content (AvgIpc) is 2.38. The Bertz CT molecular complexity index is 460. The van der Waals surface area contributed by atoms with Gasteiger partial charge in [-0.15, -0.1) is 0 Å². The van der Waals surface area contributed by atoms with Gasteiger partial charge in [0.25, 0.3) is 5.91 Å². The van der Waals surface area contributed by atoms with E-state index in [4.69, 9.17) is 16.7 Å². The van der Waals surface area contributed by atoms with Crippen molar-refractivity contribution < 1.29 is 14.7 Å². The molecule has 0 aliphatic rings. The van der Waals surface area contributed by atoms with E-state index in [0.29, 0.717) is 23.7 Å². The summed E-state index contributed by atoms with van der Waals surface area (Å²) in [5.41, 5.74) is 0.513. The molecule has 0 saturated carbocycles. The smallest absolute Gasteiger partial charge is 0.305 e. The van der Waals surface area contributed by atoms with Crippen LogP contribution in [0.15, 0.2) is 24.3 Å². The quantitative estimate of drug-likeness (QED) is 0.834. The number of hydrogen-bond acceptors (Lipinski definition) is 3. The van der Waals surface area contributed by atoms with Gasteiger partial charge in [-0.25, -0.2) is 0 Å². The van der Waals surface area contributed by atoms with E-state index in [-0.39, 0.29) is 18.9 Å². The Labute approximate surface area is 123 Å². The number of aliphatic carboxylic acids is 1. The molecular weight excluding hydrogens is 280 g/mol. The fourth-order valence-electron chi connectivity index (χ4n) is 1.64. The maximum atomic E-state index is 12.4. The first-order valence-electron chi connectivity index (χ1n) is 6.31. The SMILES string of the molecule is CN(C)CCN(CCC(=O)O)C(=O)c1ccc(Cl)cc1. The van der Waals surface area contributed by atoms with Crippen molar-refractivity contribution >= 4 is 23.5 Å². The van der Waals surface area contributed by atoms with Gasteiger partial charge in [-0.2, -0.15) is 0 Å². The molecule has 0 bridgehead atoms. The maximum Gasteiger partial charge on any atom is 0.305 e. The standard InChI is InChI=1S/C14H19ClN2O3/c1-16(2)9-10-17(8-7-13(18)19)14(20)11-3-5-12(15)6-4-11/h3-6H,7-10H2,1-2H3,(H,18,19). The third-order valence-corrected chi connectivity index (χ3v) is 3.04. The summed E-state index contributed by atoms with van der Waals surface area (Å²) in [6, 6.07) is 6.59. The Balaban J connectivity index is 2.76. The van der Waals surface area contributed by atoms with E-state index in [0.717, 1.165) is 0 Å². The van der Waals surface area contributed by atoms with Crippen LogP contribution in [0.3, 0.4) is 0 Å². The number of rotatable bonds is 7. The summed E-state index contributed by atoms with van der Waals surface area (Å²) in [5.74, 6) is -1.09. The monoisotopic (exact) mass is 298 g/mol. The molecule has 6 heteroatoms. The number of nitrogens with zero attached hydrogens (tertiary/aromatic N) is 2. The first-order valence-corrected chi connectivity index (χ1v) is 6.69. The summed E-state index contributed by atoms with van der Waals surface area (Å²) in [6.45, 7) is 1.37. The largest absolute Gasteiger partial charge is 0.481 e. The molecule has 0 radical (unpaired) electrons. The van der Waals surface area contributed by atoms with E-state index in [9.17, 15) is 9.59 Å². The Hall–Kier alpha value is -1.59. The van der Waals surface area contributed by atoms with Crippen LogP contribution in [0.1, 0.15) is 16.8 Å². The number of amides is 1. The Kier molecular flexibility index (Phi) is 6.48. The highest BCUT2D eigenvalue weighted by Crippen LogP contribution is 2.12. The number of halogens is 1. The number of likely N-dealkylation sites (N-methyl/N-ethyl adjacent to an activating group) is 1. The molecule has 0 atom stereocenters. The Morgan fingerprint density at radius 3 is 2.20 bits per heavy atom. The topological polar surface area (TPSA) is 60.9 Å². The van der Waals surface area contributed by atoms with Crippen molar-refractivity contribution in [3.05, 3.63) is 34.9 Å². The van der Waals surface area contributed by atoms with E-state index < -0.39 is 5.97 Å². The lowest BCUT2D eigenvalue weighted by molar-refractivity contribution is -0.137. The van der Waals surface area contributed by atoms with Crippen LogP contribution in [0.5, 0.6) is 0 Å². The second-order valence-corrected chi connectivity index (χ2v) is 5.18. The van der Waals surface area contributed by atoms with Crippen molar-refractivity contribution in [3.63, 3.8) is 0 Å². The zero-order chi connectivity index (χ0) is 15.1. The van der Waals surface area contributed by atoms with Crippen molar-refractivity contribution in [2.24, 2.45) is 0 Å². The number of carbonyl (C=O) groups excluding carboxylic acids is 1. The molecule has 1 amide bonds. The highest BCUT2D eigenvalue weighted by Gasteiger charge is 2.16. The molecule has 1 rings (SSSR count). The first-order chi connectivity index (χ1) is 9.40. The van der Waals surface area contributed by atoms with E-state index >= 15 is 0 Å². The van der Waals surface area contributed by atoms with Crippen LogP contribution in [-0.2, 0) is 4.79 Å². The predicted molar refractivity (Wildman–Crippen MR) is 78.2 cm³/mol. The molecular formula is C14H19ClN2O3. The molecule has 20 heavy (non-hydrogen) atoms. The van der Waals surface area contributed by atoms with Crippen LogP contribution in [0.2, 0.25) is 5.02 Å². The molecule has 0 aliphatic carbocycles. The molecule has 5 nitrogen and oxygen atoms in total. The van der Waals surface area contributed by atoms with Gasteiger partial charge < -0.3 is 14.9 Å². The number of benzene rings is 1. The second kappa shape index (κ2) is 7.87. The normalized spacial score (nSPS) is 10.6. The summed E-state index contributed by atoms with van der Waals surface area (Å²) in [6.07, 6.45) is -0.0627. The highest BCUT2D eigenvalue weighted by molar-refractivity contribution is 6.30. The zero-order valence-electron chi connectivity index (χ0n) is 11.7. The molecule has 1 aromatic carbocycles. The van der Waals surface area contributed by atoms with Gasteiger partial charge in [0.15, 0.2) is 0 Å². The Morgan fingerprint density at radius 1 is 1.10 bits per heavy atom. The molecule has 0 aromatic heterocycles. The van der Waals surface area contributed by atoms with Crippen LogP contribution in [0, 0.1) is 0 Å². The van der Waals surface area contributed by atoms with Crippen LogP contribution >= 0.6 is 11.6 Å². The summed E-state index contributed by atoms with van der Waals surface area (Å²) in [4.78, 5) is 26.5. The second-order valence-electron chi connectivity index (χ2n) is 4.75. The lowest BCUT2D eigenvalue weighted by Gasteiger charge is -2.24. The van der Waals surface area contributed by atoms with Gasteiger partial charge in [0.1, 0.15) is 0 Å². The summed E-state index contributed by atoms with van der Waals surface area (Å²) in [5, 5.41) is 9.32. The van der Waals surface area contributed by atoms with Crippen molar-refractivity contribution in [1.29, 1.82) is 0 Å². The average molecular weight is 299 g/mol. The molecule has 1 N–H and O–H groups in total. The van der Waals surface area contributed by atoms with Crippen LogP contribution in [-0.4, -0.2) is 60.5 Å². The molecule has 0 spiro atoms. The van der Waals surface area contributed by atoms with Crippen molar-refractivity contribution in [1.82, 2.24) is 9.80 Å². The number of carbonyl (C=O) groups is 2. The highest BCUT2D eigenvalue weighted by atomic mass is 35.5. The number of carboxylic acid groups (broad SMARTS) is 1.